The molecule has 1 atom stereocenters. The Morgan fingerprint density at radius 1 is 1.36 bits per heavy atom. The molecule has 3 rings (SSSR count). The van der Waals surface area contributed by atoms with Crippen LogP contribution < -0.4 is 11.5 Å². The van der Waals surface area contributed by atoms with Gasteiger partial charge in [0.15, 0.2) is 0 Å². The molecule has 1 aliphatic carbocycles. The number of halogens is 2. The van der Waals surface area contributed by atoms with E-state index in [4.69, 9.17) is 16.2 Å². The molecule has 5 N–H and O–H groups in total. The third-order valence-corrected chi connectivity index (χ3v) is 4.10. The van der Waals surface area contributed by atoms with Gasteiger partial charge in [0.2, 0.25) is 0 Å². The van der Waals surface area contributed by atoms with E-state index in [2.05, 4.69) is 15.2 Å². The second-order valence-corrected chi connectivity index (χ2v) is 5.80. The Bertz CT molecular complexity index is 781. The number of rotatable bonds is 5. The van der Waals surface area contributed by atoms with E-state index in [9.17, 15) is 8.78 Å². The number of benzene rings is 1. The zero-order valence-electron chi connectivity index (χ0n) is 13.5. The molecule has 6 nitrogen and oxygen atoms in total. The van der Waals surface area contributed by atoms with Crippen molar-refractivity contribution in [1.82, 2.24) is 15.2 Å². The van der Waals surface area contributed by atoms with E-state index in [0.29, 0.717) is 17.9 Å². The summed E-state index contributed by atoms with van der Waals surface area (Å²) in [6.45, 7) is 0.250. The highest BCUT2D eigenvalue weighted by Crippen LogP contribution is 2.28. The zero-order valence-corrected chi connectivity index (χ0v) is 13.5. The SMILES string of the molecule is NC1=C(/C=C(\N)c2c(F)cccc2F)CCCC1OCc1ncn[nH]1. The second kappa shape index (κ2) is 7.43. The summed E-state index contributed by atoms with van der Waals surface area (Å²) in [4.78, 5) is 3.99. The van der Waals surface area contributed by atoms with Crippen LogP contribution in [0.3, 0.4) is 0 Å². The van der Waals surface area contributed by atoms with Crippen LogP contribution in [-0.2, 0) is 11.3 Å². The molecule has 1 aromatic carbocycles. The van der Waals surface area contributed by atoms with E-state index >= 15 is 0 Å². The first-order valence-corrected chi connectivity index (χ1v) is 7.92. The lowest BCUT2D eigenvalue weighted by Gasteiger charge is -2.25. The number of allylic oxidation sites excluding steroid dienone is 2. The van der Waals surface area contributed by atoms with Crippen LogP contribution in [-0.4, -0.2) is 21.3 Å². The molecule has 1 heterocycles. The van der Waals surface area contributed by atoms with Crippen LogP contribution in [0.4, 0.5) is 8.78 Å². The summed E-state index contributed by atoms with van der Waals surface area (Å²) in [5.41, 5.74) is 13.1. The van der Waals surface area contributed by atoms with E-state index in [1.165, 1.54) is 30.6 Å². The second-order valence-electron chi connectivity index (χ2n) is 5.80. The van der Waals surface area contributed by atoms with Gasteiger partial charge < -0.3 is 16.2 Å². The Labute approximate surface area is 143 Å². The monoisotopic (exact) mass is 347 g/mol. The summed E-state index contributed by atoms with van der Waals surface area (Å²) < 4.78 is 33.5. The minimum atomic E-state index is -0.707. The zero-order chi connectivity index (χ0) is 17.8. The molecular formula is C17H19F2N5O. The van der Waals surface area contributed by atoms with E-state index in [-0.39, 0.29) is 24.0 Å². The van der Waals surface area contributed by atoms with E-state index < -0.39 is 11.6 Å². The molecule has 1 aliphatic rings. The smallest absolute Gasteiger partial charge is 0.150 e. The number of H-pyrrole nitrogens is 1. The first kappa shape index (κ1) is 17.1. The maximum absolute atomic E-state index is 13.9. The van der Waals surface area contributed by atoms with Crippen LogP contribution >= 0.6 is 0 Å². The van der Waals surface area contributed by atoms with Crippen LogP contribution in [0, 0.1) is 11.6 Å². The molecule has 0 aliphatic heterocycles. The van der Waals surface area contributed by atoms with E-state index in [1.54, 1.807) is 0 Å². The molecule has 0 saturated heterocycles. The third-order valence-electron chi connectivity index (χ3n) is 4.10. The predicted octanol–water partition coefficient (Wildman–Crippen LogP) is 2.36. The topological polar surface area (TPSA) is 103 Å². The number of nitrogens with two attached hydrogens (primary N) is 2. The van der Waals surface area contributed by atoms with Crippen molar-refractivity contribution in [1.29, 1.82) is 0 Å². The molecule has 0 fully saturated rings. The van der Waals surface area contributed by atoms with Crippen molar-refractivity contribution >= 4 is 5.70 Å². The largest absolute Gasteiger partial charge is 0.400 e. The maximum Gasteiger partial charge on any atom is 0.150 e. The summed E-state index contributed by atoms with van der Waals surface area (Å²) in [6, 6.07) is 3.63. The lowest BCUT2D eigenvalue weighted by Crippen LogP contribution is -2.26. The van der Waals surface area contributed by atoms with Crippen LogP contribution in [0.2, 0.25) is 0 Å². The molecule has 2 aromatic rings. The Kier molecular flexibility index (Phi) is 5.08. The summed E-state index contributed by atoms with van der Waals surface area (Å²) >= 11 is 0. The quantitative estimate of drug-likeness (QED) is 0.770. The van der Waals surface area contributed by atoms with Crippen molar-refractivity contribution in [2.45, 2.75) is 32.0 Å². The summed E-state index contributed by atoms with van der Waals surface area (Å²) in [6.07, 6.45) is 4.89. The van der Waals surface area contributed by atoms with Gasteiger partial charge in [0.25, 0.3) is 0 Å². The Hall–Kier alpha value is -2.74. The molecule has 1 aromatic heterocycles. The highest BCUT2D eigenvalue weighted by molar-refractivity contribution is 5.66. The van der Waals surface area contributed by atoms with Gasteiger partial charge in [-0.05, 0) is 43.0 Å². The molecule has 25 heavy (non-hydrogen) atoms. The van der Waals surface area contributed by atoms with Gasteiger partial charge in [0.05, 0.1) is 11.7 Å². The first-order valence-electron chi connectivity index (χ1n) is 7.92. The lowest BCUT2D eigenvalue weighted by molar-refractivity contribution is 0.0487. The Morgan fingerprint density at radius 3 is 2.80 bits per heavy atom. The highest BCUT2D eigenvalue weighted by Gasteiger charge is 2.22. The third kappa shape index (κ3) is 3.85. The molecule has 1 unspecified atom stereocenters. The first-order chi connectivity index (χ1) is 12.1. The fourth-order valence-electron chi connectivity index (χ4n) is 2.83. The standard InChI is InChI=1S/C17H19F2N5O/c18-11-4-2-5-12(19)16(11)13(20)7-10-3-1-6-14(17(10)21)25-8-15-22-9-23-24-15/h2,4-5,7,9,14H,1,3,6,8,20-21H2,(H,22,23,24)/b13-7-. The minimum absolute atomic E-state index is 0.00411. The van der Waals surface area contributed by atoms with Crippen LogP contribution in [0.15, 0.2) is 41.9 Å². The van der Waals surface area contributed by atoms with Crippen LogP contribution in [0.1, 0.15) is 30.7 Å². The average molecular weight is 347 g/mol. The number of hydrogen-bond acceptors (Lipinski definition) is 5. The average Bonchev–Trinajstić information content (AvgIpc) is 3.09. The Balaban J connectivity index is 1.81. The molecule has 132 valence electrons. The maximum atomic E-state index is 13.9. The molecule has 8 heteroatoms. The number of hydrogen-bond donors (Lipinski definition) is 3. The molecule has 0 saturated carbocycles. The number of nitrogens with zero attached hydrogens (tertiary/aromatic N) is 2. The number of aromatic amines is 1. The highest BCUT2D eigenvalue weighted by atomic mass is 19.1. The molecule has 0 bridgehead atoms. The number of ether oxygens (including phenoxy) is 1. The molecule has 0 amide bonds. The molecule has 0 radical (unpaired) electrons. The van der Waals surface area contributed by atoms with Gasteiger partial charge >= 0.3 is 0 Å². The molecule has 0 spiro atoms. The van der Waals surface area contributed by atoms with Crippen LogP contribution in [0.5, 0.6) is 0 Å². The van der Waals surface area contributed by atoms with E-state index in [1.807, 2.05) is 0 Å². The van der Waals surface area contributed by atoms with Gasteiger partial charge in [0.1, 0.15) is 30.4 Å². The van der Waals surface area contributed by atoms with Gasteiger partial charge in [-0.25, -0.2) is 13.8 Å². The van der Waals surface area contributed by atoms with Crippen molar-refractivity contribution in [2.75, 3.05) is 0 Å². The van der Waals surface area contributed by atoms with Crippen molar-refractivity contribution < 1.29 is 13.5 Å². The van der Waals surface area contributed by atoms with Gasteiger partial charge in [0, 0.05) is 11.4 Å². The molecular weight excluding hydrogens is 328 g/mol. The fraction of sp³-hybridized carbons (Fsp3) is 0.294. The fourth-order valence-corrected chi connectivity index (χ4v) is 2.83. The van der Waals surface area contributed by atoms with Gasteiger partial charge in [-0.15, -0.1) is 0 Å². The van der Waals surface area contributed by atoms with Crippen molar-refractivity contribution in [3.05, 3.63) is 64.9 Å². The normalized spacial score (nSPS) is 18.6. The van der Waals surface area contributed by atoms with Crippen molar-refractivity contribution in [3.8, 4) is 0 Å². The summed E-state index contributed by atoms with van der Waals surface area (Å²) in [7, 11) is 0. The Morgan fingerprint density at radius 2 is 2.12 bits per heavy atom. The number of aromatic nitrogens is 3. The van der Waals surface area contributed by atoms with Gasteiger partial charge in [-0.1, -0.05) is 6.07 Å². The summed E-state index contributed by atoms with van der Waals surface area (Å²) in [5.74, 6) is -0.813. The van der Waals surface area contributed by atoms with Crippen LogP contribution in [0.25, 0.3) is 5.70 Å². The summed E-state index contributed by atoms with van der Waals surface area (Å²) in [5, 5.41) is 6.46. The predicted molar refractivity (Wildman–Crippen MR) is 88.5 cm³/mol. The van der Waals surface area contributed by atoms with Gasteiger partial charge in [-0.2, -0.15) is 5.10 Å². The van der Waals surface area contributed by atoms with Crippen molar-refractivity contribution in [2.24, 2.45) is 11.5 Å². The van der Waals surface area contributed by atoms with E-state index in [0.717, 1.165) is 18.4 Å². The minimum Gasteiger partial charge on any atom is -0.400 e. The lowest BCUT2D eigenvalue weighted by atomic mass is 9.92. The van der Waals surface area contributed by atoms with Crippen molar-refractivity contribution in [3.63, 3.8) is 0 Å². The van der Waals surface area contributed by atoms with Gasteiger partial charge in [-0.3, -0.25) is 5.10 Å². The number of nitrogens with one attached hydrogen (secondary N) is 1.